The molecule has 10 heteroatoms. The highest BCUT2D eigenvalue weighted by Crippen LogP contribution is 2.38. The van der Waals surface area contributed by atoms with Crippen molar-refractivity contribution in [3.63, 3.8) is 0 Å². The first-order valence-electron chi connectivity index (χ1n) is 12.5. The number of carbonyl (C=O) groups is 2. The van der Waals surface area contributed by atoms with Crippen LogP contribution in [0, 0.1) is 0 Å². The fraction of sp³-hybridized carbons (Fsp3) is 0.267. The van der Waals surface area contributed by atoms with Crippen molar-refractivity contribution in [2.24, 2.45) is 0 Å². The van der Waals surface area contributed by atoms with Gasteiger partial charge in [0.2, 0.25) is 11.7 Å². The van der Waals surface area contributed by atoms with E-state index in [0.717, 1.165) is 5.56 Å². The summed E-state index contributed by atoms with van der Waals surface area (Å²) >= 11 is 12.8. The van der Waals surface area contributed by atoms with E-state index in [1.54, 1.807) is 53.3 Å². The molecule has 0 saturated carbocycles. The second-order valence-corrected chi connectivity index (χ2v) is 9.79. The number of halogens is 2. The molecule has 0 spiro atoms. The van der Waals surface area contributed by atoms with Crippen molar-refractivity contribution in [1.29, 1.82) is 0 Å². The van der Waals surface area contributed by atoms with Gasteiger partial charge in [-0.15, -0.1) is 0 Å². The van der Waals surface area contributed by atoms with Gasteiger partial charge in [-0.3, -0.25) is 9.59 Å². The Balaban J connectivity index is 1.54. The van der Waals surface area contributed by atoms with Gasteiger partial charge in [-0.2, -0.15) is 0 Å². The molecule has 3 aromatic carbocycles. The fourth-order valence-corrected chi connectivity index (χ4v) is 4.91. The van der Waals surface area contributed by atoms with Crippen LogP contribution in [0.25, 0.3) is 5.57 Å². The minimum Gasteiger partial charge on any atom is -0.497 e. The van der Waals surface area contributed by atoms with Crippen LogP contribution in [0.5, 0.6) is 23.0 Å². The highest BCUT2D eigenvalue weighted by molar-refractivity contribution is 6.34. The molecule has 0 aromatic heterocycles. The molecule has 3 aromatic rings. The summed E-state index contributed by atoms with van der Waals surface area (Å²) in [6.07, 6.45) is 1.57. The molecular weight excluding hydrogens is 555 g/mol. The molecule has 1 fully saturated rings. The van der Waals surface area contributed by atoms with Gasteiger partial charge < -0.3 is 28.7 Å². The van der Waals surface area contributed by atoms with Crippen LogP contribution in [0.3, 0.4) is 0 Å². The predicted octanol–water partition coefficient (Wildman–Crippen LogP) is 5.44. The average Bonchev–Trinajstić information content (AvgIpc) is 3.00. The van der Waals surface area contributed by atoms with Crippen LogP contribution in [0.1, 0.15) is 21.5 Å². The Labute approximate surface area is 243 Å². The number of carbonyl (C=O) groups excluding carboxylic acids is 2. The lowest BCUT2D eigenvalue weighted by atomic mass is 9.97. The Hall–Kier alpha value is -3.88. The summed E-state index contributed by atoms with van der Waals surface area (Å²) < 4.78 is 21.4. The zero-order valence-corrected chi connectivity index (χ0v) is 24.2. The van der Waals surface area contributed by atoms with E-state index in [4.69, 9.17) is 42.1 Å². The Morgan fingerprint density at radius 2 is 1.32 bits per heavy atom. The topological polar surface area (TPSA) is 77.5 Å². The quantitative estimate of drug-likeness (QED) is 0.328. The Kier molecular flexibility index (Phi) is 9.45. The fourth-order valence-electron chi connectivity index (χ4n) is 4.52. The van der Waals surface area contributed by atoms with E-state index in [2.05, 4.69) is 0 Å². The molecule has 1 saturated heterocycles. The molecule has 40 heavy (non-hydrogen) atoms. The molecule has 0 N–H and O–H groups in total. The summed E-state index contributed by atoms with van der Waals surface area (Å²) in [6, 6.07) is 15.8. The number of rotatable bonds is 8. The van der Waals surface area contributed by atoms with Gasteiger partial charge in [0.15, 0.2) is 11.5 Å². The number of amides is 2. The number of ether oxygens (including phenoxy) is 4. The van der Waals surface area contributed by atoms with E-state index in [1.807, 2.05) is 24.3 Å². The SMILES string of the molecule is COc1ccc(/C(=C\C(=O)N2CCN(C(=O)c3cc(OC)c(OC)c(OC)c3)CC2)c2cc(Cl)ccc2Cl)cc1. The highest BCUT2D eigenvalue weighted by atomic mass is 35.5. The summed E-state index contributed by atoms with van der Waals surface area (Å²) in [5.74, 6) is 1.52. The highest BCUT2D eigenvalue weighted by Gasteiger charge is 2.27. The molecule has 4 rings (SSSR count). The van der Waals surface area contributed by atoms with Crippen molar-refractivity contribution in [3.8, 4) is 23.0 Å². The van der Waals surface area contributed by atoms with Crippen molar-refractivity contribution in [2.45, 2.75) is 0 Å². The Morgan fingerprint density at radius 3 is 1.88 bits per heavy atom. The van der Waals surface area contributed by atoms with E-state index >= 15 is 0 Å². The summed E-state index contributed by atoms with van der Waals surface area (Å²) in [5.41, 5.74) is 2.47. The molecule has 0 radical (unpaired) electrons. The van der Waals surface area contributed by atoms with Crippen molar-refractivity contribution in [1.82, 2.24) is 9.80 Å². The van der Waals surface area contributed by atoms with E-state index in [-0.39, 0.29) is 11.8 Å². The van der Waals surface area contributed by atoms with E-state index in [9.17, 15) is 9.59 Å². The van der Waals surface area contributed by atoms with Gasteiger partial charge in [-0.25, -0.2) is 0 Å². The maximum Gasteiger partial charge on any atom is 0.254 e. The minimum atomic E-state index is -0.193. The first kappa shape index (κ1) is 29.1. The maximum absolute atomic E-state index is 13.5. The number of methoxy groups -OCH3 is 4. The van der Waals surface area contributed by atoms with Gasteiger partial charge in [-0.1, -0.05) is 35.3 Å². The van der Waals surface area contributed by atoms with Crippen molar-refractivity contribution in [2.75, 3.05) is 54.6 Å². The monoisotopic (exact) mass is 584 g/mol. The largest absolute Gasteiger partial charge is 0.497 e. The first-order valence-corrected chi connectivity index (χ1v) is 13.2. The number of hydrogen-bond acceptors (Lipinski definition) is 6. The van der Waals surface area contributed by atoms with Crippen molar-refractivity contribution < 1.29 is 28.5 Å². The lowest BCUT2D eigenvalue weighted by Crippen LogP contribution is -2.50. The molecule has 210 valence electrons. The Bertz CT molecular complexity index is 1390. The van der Waals surface area contributed by atoms with Crippen molar-refractivity contribution >= 4 is 40.6 Å². The number of benzene rings is 3. The smallest absolute Gasteiger partial charge is 0.254 e. The van der Waals surface area contributed by atoms with Crippen LogP contribution in [0.4, 0.5) is 0 Å². The molecule has 0 aliphatic carbocycles. The standard InChI is InChI=1S/C30H30Cl2N2O6/c1-37-22-8-5-19(6-9-22)23(24-17-21(31)7-10-25(24)32)18-28(35)33-11-13-34(14-12-33)30(36)20-15-26(38-2)29(40-4)27(16-20)39-3/h5-10,15-18H,11-14H2,1-4H3/b23-18+. The summed E-state index contributed by atoms with van der Waals surface area (Å²) in [6.45, 7) is 1.46. The summed E-state index contributed by atoms with van der Waals surface area (Å²) in [5, 5.41) is 0.977. The molecular formula is C30H30Cl2N2O6. The van der Waals surface area contributed by atoms with Crippen LogP contribution in [0.2, 0.25) is 10.0 Å². The van der Waals surface area contributed by atoms with E-state index < -0.39 is 0 Å². The molecule has 0 unspecified atom stereocenters. The van der Waals surface area contributed by atoms with Crippen molar-refractivity contribution in [3.05, 3.63) is 87.4 Å². The third kappa shape index (κ3) is 6.29. The number of piperazine rings is 1. The third-order valence-electron chi connectivity index (χ3n) is 6.68. The summed E-state index contributed by atoms with van der Waals surface area (Å²) in [4.78, 5) is 30.2. The van der Waals surface area contributed by atoms with Gasteiger partial charge in [0.25, 0.3) is 5.91 Å². The zero-order valence-electron chi connectivity index (χ0n) is 22.7. The maximum atomic E-state index is 13.5. The van der Waals surface area contributed by atoms with Gasteiger partial charge in [0.05, 0.1) is 28.4 Å². The van der Waals surface area contributed by atoms with Crippen LogP contribution in [-0.4, -0.2) is 76.2 Å². The predicted molar refractivity (Wildman–Crippen MR) is 155 cm³/mol. The second kappa shape index (κ2) is 13.0. The van der Waals surface area contributed by atoms with Crippen LogP contribution in [-0.2, 0) is 4.79 Å². The minimum absolute atomic E-state index is 0.188. The van der Waals surface area contributed by atoms with E-state index in [0.29, 0.717) is 75.9 Å². The Morgan fingerprint density at radius 1 is 0.725 bits per heavy atom. The van der Waals surface area contributed by atoms with Gasteiger partial charge in [0, 0.05) is 53.4 Å². The number of hydrogen-bond donors (Lipinski definition) is 0. The zero-order chi connectivity index (χ0) is 28.8. The molecule has 0 bridgehead atoms. The second-order valence-electron chi connectivity index (χ2n) is 8.94. The average molecular weight is 585 g/mol. The lowest BCUT2D eigenvalue weighted by Gasteiger charge is -2.34. The molecule has 0 atom stereocenters. The summed E-state index contributed by atoms with van der Waals surface area (Å²) in [7, 11) is 6.10. The van der Waals surface area contributed by atoms with Crippen LogP contribution < -0.4 is 18.9 Å². The third-order valence-corrected chi connectivity index (χ3v) is 7.24. The molecule has 8 nitrogen and oxygen atoms in total. The molecule has 1 heterocycles. The molecule has 1 aliphatic rings. The van der Waals surface area contributed by atoms with Gasteiger partial charge >= 0.3 is 0 Å². The molecule has 1 aliphatic heterocycles. The van der Waals surface area contributed by atoms with Crippen LogP contribution in [0.15, 0.2) is 60.7 Å². The first-order chi connectivity index (χ1) is 19.3. The van der Waals surface area contributed by atoms with Gasteiger partial charge in [0.1, 0.15) is 5.75 Å². The van der Waals surface area contributed by atoms with Gasteiger partial charge in [-0.05, 0) is 53.6 Å². The molecule has 2 amide bonds. The number of nitrogens with zero attached hydrogens (tertiary/aromatic N) is 2. The lowest BCUT2D eigenvalue weighted by molar-refractivity contribution is -0.127. The van der Waals surface area contributed by atoms with Crippen LogP contribution >= 0.6 is 23.2 Å². The normalized spacial score (nSPS) is 13.6. The van der Waals surface area contributed by atoms with E-state index in [1.165, 1.54) is 21.3 Å².